The van der Waals surface area contributed by atoms with Crippen molar-refractivity contribution in [2.24, 2.45) is 0 Å². The van der Waals surface area contributed by atoms with E-state index >= 15 is 0 Å². The fourth-order valence-electron chi connectivity index (χ4n) is 3.85. The minimum absolute atomic E-state index is 0.0159. The Balaban J connectivity index is 1.76. The van der Waals surface area contributed by atoms with Gasteiger partial charge in [0.25, 0.3) is 0 Å². The maximum Gasteiger partial charge on any atom is 0.422 e. The highest BCUT2D eigenvalue weighted by atomic mass is 32.2. The summed E-state index contributed by atoms with van der Waals surface area (Å²) in [5, 5.41) is 10.5. The third-order valence-electron chi connectivity index (χ3n) is 5.31. The molecule has 1 aromatic heterocycles. The lowest BCUT2D eigenvalue weighted by atomic mass is 10.1. The second-order valence-corrected chi connectivity index (χ2v) is 9.86. The Hall–Kier alpha value is -3.19. The maximum absolute atomic E-state index is 12.6. The standard InChI is InChI=1S/C23H22F3N3O3S/c1-2-11-33(30,31)28-16-5-3-15(4-6-16)22-20(13-27)19-10-9-18(32-14-23(24,25)26)12-21(19)29(22)17-7-8-17/h3-6,9-10,12,17,28H,2,7-8,11,14H2,1H3. The molecule has 0 aliphatic heterocycles. The van der Waals surface area contributed by atoms with Crippen molar-refractivity contribution >= 4 is 26.6 Å². The Labute approximate surface area is 189 Å². The topological polar surface area (TPSA) is 84.1 Å². The number of anilines is 1. The Morgan fingerprint density at radius 2 is 1.88 bits per heavy atom. The fourth-order valence-corrected chi connectivity index (χ4v) is 4.98. The number of nitriles is 1. The first-order chi connectivity index (χ1) is 15.6. The third kappa shape index (κ3) is 5.09. The molecule has 1 fully saturated rings. The summed E-state index contributed by atoms with van der Waals surface area (Å²) in [6.45, 7) is 0.387. The van der Waals surface area contributed by atoms with Gasteiger partial charge in [-0.3, -0.25) is 4.72 Å². The summed E-state index contributed by atoms with van der Waals surface area (Å²) in [5.74, 6) is 0.0954. The maximum atomic E-state index is 12.6. The van der Waals surface area contributed by atoms with Gasteiger partial charge in [0, 0.05) is 23.2 Å². The van der Waals surface area contributed by atoms with E-state index < -0.39 is 22.8 Å². The molecule has 6 nitrogen and oxygen atoms in total. The number of rotatable bonds is 8. The SMILES string of the molecule is CCCS(=O)(=O)Nc1ccc(-c2c(C#N)c3ccc(OCC(F)(F)F)cc3n2C2CC2)cc1. The molecule has 33 heavy (non-hydrogen) atoms. The molecule has 10 heteroatoms. The molecule has 0 bridgehead atoms. The summed E-state index contributed by atoms with van der Waals surface area (Å²) < 4.78 is 71.2. The number of hydrogen-bond acceptors (Lipinski definition) is 4. The van der Waals surface area contributed by atoms with Crippen LogP contribution in [0.1, 0.15) is 37.8 Å². The monoisotopic (exact) mass is 477 g/mol. The van der Waals surface area contributed by atoms with Crippen molar-refractivity contribution in [2.45, 2.75) is 38.4 Å². The van der Waals surface area contributed by atoms with Crippen LogP contribution in [-0.2, 0) is 10.0 Å². The molecule has 0 radical (unpaired) electrons. The highest BCUT2D eigenvalue weighted by molar-refractivity contribution is 7.92. The summed E-state index contributed by atoms with van der Waals surface area (Å²) in [7, 11) is -3.43. The zero-order valence-corrected chi connectivity index (χ0v) is 18.6. The molecule has 174 valence electrons. The van der Waals surface area contributed by atoms with Crippen molar-refractivity contribution in [3.63, 3.8) is 0 Å². The van der Waals surface area contributed by atoms with E-state index in [1.165, 1.54) is 12.1 Å². The predicted molar refractivity (Wildman–Crippen MR) is 120 cm³/mol. The molecule has 1 heterocycles. The smallest absolute Gasteiger partial charge is 0.422 e. The van der Waals surface area contributed by atoms with Gasteiger partial charge in [-0.25, -0.2) is 8.42 Å². The molecule has 1 aliphatic rings. The van der Waals surface area contributed by atoms with Crippen molar-refractivity contribution in [1.29, 1.82) is 5.26 Å². The Bertz CT molecular complexity index is 1320. The summed E-state index contributed by atoms with van der Waals surface area (Å²) >= 11 is 0. The van der Waals surface area contributed by atoms with E-state index in [0.717, 1.165) is 12.8 Å². The molecule has 0 atom stereocenters. The number of nitrogens with one attached hydrogen (secondary N) is 1. The minimum Gasteiger partial charge on any atom is -0.484 e. The van der Waals surface area contributed by atoms with Gasteiger partial charge in [-0.05, 0) is 49.1 Å². The number of fused-ring (bicyclic) bond motifs is 1. The predicted octanol–water partition coefficient (Wildman–Crippen LogP) is 5.61. The van der Waals surface area contributed by atoms with Gasteiger partial charge in [-0.15, -0.1) is 0 Å². The van der Waals surface area contributed by atoms with Crippen LogP contribution in [0.3, 0.4) is 0 Å². The molecule has 0 amide bonds. The number of alkyl halides is 3. The van der Waals surface area contributed by atoms with Gasteiger partial charge in [0.1, 0.15) is 11.8 Å². The average molecular weight is 478 g/mol. The summed E-state index contributed by atoms with van der Waals surface area (Å²) in [6, 6.07) is 13.7. The van der Waals surface area contributed by atoms with Crippen molar-refractivity contribution < 1.29 is 26.3 Å². The Kier molecular flexibility index (Phi) is 6.01. The number of ether oxygens (including phenoxy) is 1. The van der Waals surface area contributed by atoms with Crippen LogP contribution in [-0.4, -0.2) is 31.5 Å². The van der Waals surface area contributed by atoms with Gasteiger partial charge in [0.2, 0.25) is 10.0 Å². The van der Waals surface area contributed by atoms with Gasteiger partial charge >= 0.3 is 6.18 Å². The molecule has 2 aromatic carbocycles. The van der Waals surface area contributed by atoms with Crippen LogP contribution in [0, 0.1) is 11.3 Å². The quantitative estimate of drug-likeness (QED) is 0.457. The lowest BCUT2D eigenvalue weighted by Crippen LogP contribution is -2.19. The third-order valence-corrected chi connectivity index (χ3v) is 6.80. The normalized spacial score (nSPS) is 14.3. The zero-order valence-electron chi connectivity index (χ0n) is 17.8. The van der Waals surface area contributed by atoms with Gasteiger partial charge in [-0.1, -0.05) is 19.1 Å². The molecule has 1 N–H and O–H groups in total. The summed E-state index contributed by atoms with van der Waals surface area (Å²) in [5.41, 5.74) is 2.84. The van der Waals surface area contributed by atoms with Crippen LogP contribution in [0.5, 0.6) is 5.75 Å². The van der Waals surface area contributed by atoms with Crippen molar-refractivity contribution in [3.8, 4) is 23.1 Å². The Morgan fingerprint density at radius 3 is 2.45 bits per heavy atom. The largest absolute Gasteiger partial charge is 0.484 e. The van der Waals surface area contributed by atoms with Gasteiger partial charge in [0.05, 0.1) is 22.5 Å². The second-order valence-electron chi connectivity index (χ2n) is 8.02. The van der Waals surface area contributed by atoms with Crippen molar-refractivity contribution in [3.05, 3.63) is 48.0 Å². The molecule has 0 saturated heterocycles. The second kappa shape index (κ2) is 8.63. The fraction of sp³-hybridized carbons (Fsp3) is 0.348. The lowest BCUT2D eigenvalue weighted by molar-refractivity contribution is -0.153. The van der Waals surface area contributed by atoms with Gasteiger partial charge in [-0.2, -0.15) is 18.4 Å². The number of aromatic nitrogens is 1. The van der Waals surface area contributed by atoms with Gasteiger partial charge in [0.15, 0.2) is 6.61 Å². The van der Waals surface area contributed by atoms with Crippen LogP contribution in [0.2, 0.25) is 0 Å². The van der Waals surface area contributed by atoms with E-state index in [2.05, 4.69) is 10.8 Å². The van der Waals surface area contributed by atoms with Crippen LogP contribution < -0.4 is 9.46 Å². The highest BCUT2D eigenvalue weighted by Crippen LogP contribution is 2.45. The summed E-state index contributed by atoms with van der Waals surface area (Å²) in [6.07, 6.45) is -2.17. The Morgan fingerprint density at radius 1 is 1.18 bits per heavy atom. The van der Waals surface area contributed by atoms with Crippen LogP contribution >= 0.6 is 0 Å². The molecule has 4 rings (SSSR count). The number of sulfonamides is 1. The van der Waals surface area contributed by atoms with Crippen molar-refractivity contribution in [2.75, 3.05) is 17.1 Å². The van der Waals surface area contributed by atoms with Gasteiger partial charge < -0.3 is 9.30 Å². The number of halogens is 3. The molecule has 1 saturated carbocycles. The summed E-state index contributed by atoms with van der Waals surface area (Å²) in [4.78, 5) is 0. The van der Waals surface area contributed by atoms with E-state index in [1.807, 2.05) is 4.57 Å². The number of hydrogen-bond donors (Lipinski definition) is 1. The number of nitrogens with zero attached hydrogens (tertiary/aromatic N) is 2. The first-order valence-electron chi connectivity index (χ1n) is 10.5. The van der Waals surface area contributed by atoms with Crippen molar-refractivity contribution in [1.82, 2.24) is 4.57 Å². The van der Waals surface area contributed by atoms with Crippen LogP contribution in [0.25, 0.3) is 22.2 Å². The number of benzene rings is 2. The molecule has 1 aliphatic carbocycles. The van der Waals surface area contributed by atoms with Crippen LogP contribution in [0.4, 0.5) is 18.9 Å². The van der Waals surface area contributed by atoms with E-state index in [-0.39, 0.29) is 17.5 Å². The zero-order chi connectivity index (χ0) is 23.8. The van der Waals surface area contributed by atoms with E-state index in [9.17, 15) is 26.9 Å². The minimum atomic E-state index is -4.45. The first-order valence-corrected chi connectivity index (χ1v) is 12.2. The molecule has 0 unspecified atom stereocenters. The lowest BCUT2D eigenvalue weighted by Gasteiger charge is -2.13. The molecular weight excluding hydrogens is 455 g/mol. The van der Waals surface area contributed by atoms with Crippen LogP contribution in [0.15, 0.2) is 42.5 Å². The molecule has 0 spiro atoms. The van der Waals surface area contributed by atoms with E-state index in [1.54, 1.807) is 37.3 Å². The highest BCUT2D eigenvalue weighted by Gasteiger charge is 2.32. The van der Waals surface area contributed by atoms with E-state index in [0.29, 0.717) is 39.8 Å². The molecule has 3 aromatic rings. The first kappa shape index (κ1) is 23.0. The van der Waals surface area contributed by atoms with E-state index in [4.69, 9.17) is 4.74 Å². The average Bonchev–Trinajstić information content (AvgIpc) is 3.53. The molecular formula is C23H22F3N3O3S.